The Morgan fingerprint density at radius 1 is 1.22 bits per heavy atom. The number of carbonyl (C=O) groups is 2. The van der Waals surface area contributed by atoms with Crippen LogP contribution < -0.4 is 20.5 Å². The largest absolute Gasteiger partial charge is 0.497 e. The minimum atomic E-state index is -4.06. The summed E-state index contributed by atoms with van der Waals surface area (Å²) in [7, 11) is -2.56. The van der Waals surface area contributed by atoms with E-state index in [9.17, 15) is 23.1 Å². The van der Waals surface area contributed by atoms with Gasteiger partial charge < -0.3 is 19.7 Å². The Balaban J connectivity index is 1.81. The van der Waals surface area contributed by atoms with Gasteiger partial charge in [-0.05, 0) is 30.3 Å². The van der Waals surface area contributed by atoms with Crippen LogP contribution in [0.4, 0.5) is 4.79 Å². The summed E-state index contributed by atoms with van der Waals surface area (Å²) in [6, 6.07) is 10.1. The van der Waals surface area contributed by atoms with E-state index in [1.807, 2.05) is 0 Å². The van der Waals surface area contributed by atoms with Crippen LogP contribution in [0.5, 0.6) is 11.6 Å². The van der Waals surface area contributed by atoms with Gasteiger partial charge in [-0.25, -0.2) is 18.4 Å². The molecular weight excluding hydrogens is 436 g/mol. The lowest BCUT2D eigenvalue weighted by atomic mass is 10.00. The molecule has 0 bridgehead atoms. The van der Waals surface area contributed by atoms with Crippen molar-refractivity contribution in [3.05, 3.63) is 54.2 Å². The fraction of sp³-hybridized carbons (Fsp3) is 0.143. The molecule has 1 saturated heterocycles. The number of nitrogens with one attached hydrogen (secondary N) is 2. The van der Waals surface area contributed by atoms with Crippen LogP contribution in [0.25, 0.3) is 10.8 Å². The number of methoxy groups -OCH3 is 1. The number of nitrogens with two attached hydrogens (primary N) is 1. The molecule has 3 aromatic rings. The van der Waals surface area contributed by atoms with Crippen molar-refractivity contribution < 1.29 is 27.9 Å². The van der Waals surface area contributed by atoms with Crippen molar-refractivity contribution in [2.45, 2.75) is 17.0 Å². The fourth-order valence-corrected chi connectivity index (χ4v) is 4.14. The number of aromatic hydroxyl groups is 1. The van der Waals surface area contributed by atoms with E-state index in [1.165, 1.54) is 29.9 Å². The number of aromatic nitrogens is 1. The van der Waals surface area contributed by atoms with Crippen LogP contribution in [-0.2, 0) is 21.4 Å². The summed E-state index contributed by atoms with van der Waals surface area (Å²) < 4.78 is 30.2. The maximum absolute atomic E-state index is 12.7. The van der Waals surface area contributed by atoms with E-state index in [0.717, 1.165) is 0 Å². The molecule has 4 rings (SSSR count). The first kappa shape index (κ1) is 21.2. The molecule has 1 aliphatic heterocycles. The first-order valence-corrected chi connectivity index (χ1v) is 10.8. The van der Waals surface area contributed by atoms with Gasteiger partial charge in [-0.3, -0.25) is 10.1 Å². The van der Waals surface area contributed by atoms with Crippen molar-refractivity contribution in [2.75, 3.05) is 7.11 Å². The SMILES string of the molecule is COc1ccc2cn(C[C@@]3(C#Cc4ccccc4S(N)(=O)=O)NC(=O)NC3=O)c(O)c2c1. The van der Waals surface area contributed by atoms with Gasteiger partial charge in [0.2, 0.25) is 15.6 Å². The lowest BCUT2D eigenvalue weighted by Crippen LogP contribution is -2.49. The number of primary sulfonamides is 1. The molecular formula is C21H18N4O6S. The highest BCUT2D eigenvalue weighted by Crippen LogP contribution is 2.32. The molecule has 0 aliphatic carbocycles. The van der Waals surface area contributed by atoms with E-state index in [4.69, 9.17) is 9.88 Å². The highest BCUT2D eigenvalue weighted by Gasteiger charge is 2.46. The topological polar surface area (TPSA) is 153 Å². The van der Waals surface area contributed by atoms with Crippen molar-refractivity contribution in [3.63, 3.8) is 0 Å². The number of sulfonamides is 1. The minimum absolute atomic E-state index is 0.0648. The minimum Gasteiger partial charge on any atom is -0.497 e. The molecule has 5 N–H and O–H groups in total. The zero-order chi connectivity index (χ0) is 23.1. The second-order valence-corrected chi connectivity index (χ2v) is 8.67. The Bertz CT molecular complexity index is 1430. The maximum atomic E-state index is 12.7. The second-order valence-electron chi connectivity index (χ2n) is 7.14. The van der Waals surface area contributed by atoms with Crippen LogP contribution in [0, 0.1) is 11.8 Å². The van der Waals surface area contributed by atoms with Gasteiger partial charge in [-0.1, -0.05) is 24.0 Å². The van der Waals surface area contributed by atoms with Gasteiger partial charge in [-0.2, -0.15) is 0 Å². The van der Waals surface area contributed by atoms with Crippen LogP contribution in [0.1, 0.15) is 5.56 Å². The van der Waals surface area contributed by atoms with Crippen molar-refractivity contribution in [1.82, 2.24) is 15.2 Å². The summed E-state index contributed by atoms with van der Waals surface area (Å²) in [5.41, 5.74) is -1.70. The van der Waals surface area contributed by atoms with Crippen molar-refractivity contribution in [3.8, 4) is 23.5 Å². The van der Waals surface area contributed by atoms with E-state index in [1.54, 1.807) is 30.5 Å². The van der Waals surface area contributed by atoms with E-state index >= 15 is 0 Å². The normalized spacial score (nSPS) is 18.1. The summed E-state index contributed by atoms with van der Waals surface area (Å²) in [4.78, 5) is 24.4. The zero-order valence-corrected chi connectivity index (χ0v) is 17.6. The van der Waals surface area contributed by atoms with E-state index < -0.39 is 27.5 Å². The smallest absolute Gasteiger partial charge is 0.323 e. The predicted molar refractivity (Wildman–Crippen MR) is 114 cm³/mol. The lowest BCUT2D eigenvalue weighted by molar-refractivity contribution is -0.122. The van der Waals surface area contributed by atoms with Gasteiger partial charge in [0.15, 0.2) is 5.88 Å². The quantitative estimate of drug-likeness (QED) is 0.335. The number of fused-ring (bicyclic) bond motifs is 1. The molecule has 1 aromatic heterocycles. The Kier molecular flexibility index (Phi) is 5.04. The Labute approximate surface area is 183 Å². The number of benzene rings is 2. The molecule has 3 amide bonds. The molecule has 164 valence electrons. The van der Waals surface area contributed by atoms with Gasteiger partial charge in [0.05, 0.1) is 18.6 Å². The number of carbonyl (C=O) groups excluding carboxylic acids is 2. The van der Waals surface area contributed by atoms with Gasteiger partial charge in [0.1, 0.15) is 5.75 Å². The van der Waals surface area contributed by atoms with E-state index in [-0.39, 0.29) is 22.9 Å². The zero-order valence-electron chi connectivity index (χ0n) is 16.7. The standard InChI is InChI=1S/C21H18N4O6S/c1-31-15-7-6-14-11-25(18(26)16(14)10-15)12-21(19(27)23-20(28)24-21)9-8-13-4-2-3-5-17(13)32(22,29)30/h2-7,10-11,26H,12H2,1H3,(H2,22,29,30)(H2,23,24,27,28)/t21-/m1/s1. The molecule has 11 heteroatoms. The lowest BCUT2D eigenvalue weighted by Gasteiger charge is -2.21. The molecule has 1 aliphatic rings. The van der Waals surface area contributed by atoms with Gasteiger partial charge in [0.25, 0.3) is 5.91 Å². The Morgan fingerprint density at radius 2 is 1.97 bits per heavy atom. The van der Waals surface area contributed by atoms with Gasteiger partial charge >= 0.3 is 6.03 Å². The van der Waals surface area contributed by atoms with Crippen molar-refractivity contribution in [2.24, 2.45) is 5.14 Å². The summed E-state index contributed by atoms with van der Waals surface area (Å²) in [6.45, 7) is -0.238. The third-order valence-electron chi connectivity index (χ3n) is 5.02. The molecule has 1 fully saturated rings. The fourth-order valence-electron chi connectivity index (χ4n) is 3.45. The average Bonchev–Trinajstić information content (AvgIpc) is 3.21. The number of rotatable bonds is 4. The van der Waals surface area contributed by atoms with Crippen LogP contribution in [0.15, 0.2) is 53.6 Å². The molecule has 0 saturated carbocycles. The first-order valence-electron chi connectivity index (χ1n) is 9.27. The monoisotopic (exact) mass is 454 g/mol. The van der Waals surface area contributed by atoms with Gasteiger partial charge in [-0.15, -0.1) is 0 Å². The second kappa shape index (κ2) is 7.60. The van der Waals surface area contributed by atoms with Crippen LogP contribution in [-0.4, -0.2) is 42.7 Å². The molecule has 2 aromatic carbocycles. The van der Waals surface area contributed by atoms with Crippen LogP contribution in [0.2, 0.25) is 0 Å². The van der Waals surface area contributed by atoms with Crippen molar-refractivity contribution >= 4 is 32.7 Å². The number of amides is 3. The molecule has 10 nitrogen and oxygen atoms in total. The highest BCUT2D eigenvalue weighted by molar-refractivity contribution is 7.89. The third-order valence-corrected chi connectivity index (χ3v) is 5.99. The van der Waals surface area contributed by atoms with E-state index in [2.05, 4.69) is 22.5 Å². The number of ether oxygens (including phenoxy) is 1. The van der Waals surface area contributed by atoms with Crippen LogP contribution >= 0.6 is 0 Å². The summed E-state index contributed by atoms with van der Waals surface area (Å²) >= 11 is 0. The third kappa shape index (κ3) is 3.73. The molecule has 0 spiro atoms. The van der Waals surface area contributed by atoms with Gasteiger partial charge in [0, 0.05) is 22.5 Å². The Hall–Kier alpha value is -4.01. The summed E-state index contributed by atoms with van der Waals surface area (Å²) in [5.74, 6) is 4.96. The maximum Gasteiger partial charge on any atom is 0.323 e. The number of hydrogen-bond acceptors (Lipinski definition) is 6. The molecule has 1 atom stereocenters. The number of nitrogens with zero attached hydrogens (tertiary/aromatic N) is 1. The predicted octanol–water partition coefficient (Wildman–Crippen LogP) is 0.633. The molecule has 0 radical (unpaired) electrons. The number of urea groups is 1. The first-order chi connectivity index (χ1) is 15.1. The molecule has 0 unspecified atom stereocenters. The molecule has 32 heavy (non-hydrogen) atoms. The molecule has 2 heterocycles. The number of imide groups is 1. The highest BCUT2D eigenvalue weighted by atomic mass is 32.2. The summed E-state index contributed by atoms with van der Waals surface area (Å²) in [5, 5.41) is 21.7. The average molecular weight is 454 g/mol. The summed E-state index contributed by atoms with van der Waals surface area (Å²) in [6.07, 6.45) is 1.60. The van der Waals surface area contributed by atoms with Crippen LogP contribution in [0.3, 0.4) is 0 Å². The number of hydrogen-bond donors (Lipinski definition) is 4. The van der Waals surface area contributed by atoms with Crippen molar-refractivity contribution in [1.29, 1.82) is 0 Å². The van der Waals surface area contributed by atoms with E-state index in [0.29, 0.717) is 16.5 Å². The Morgan fingerprint density at radius 3 is 2.62 bits per heavy atom.